The Bertz CT molecular complexity index is 85.4. The highest BCUT2D eigenvalue weighted by Gasteiger charge is 1.84. The minimum Gasteiger partial charge on any atom is -0.396 e. The topological polar surface area (TPSA) is 38.7 Å². The summed E-state index contributed by atoms with van der Waals surface area (Å²) in [4.78, 5) is 2.05. The average molecular weight is 205 g/mol. The summed E-state index contributed by atoms with van der Waals surface area (Å²) in [7, 11) is 7.98. The molecule has 0 radical (unpaired) electrons. The molecule has 0 amide bonds. The minimum absolute atomic E-state index is 0.304. The maximum atomic E-state index is 8.29. The molecule has 4 heteroatoms. The first kappa shape index (κ1) is 16.3. The van der Waals surface area contributed by atoms with Gasteiger partial charge in [-0.05, 0) is 33.5 Å². The van der Waals surface area contributed by atoms with E-state index < -0.39 is 0 Å². The zero-order valence-electron chi connectivity index (χ0n) is 10.4. The molecule has 0 aromatic heterocycles. The van der Waals surface area contributed by atoms with Crippen LogP contribution in [-0.4, -0.2) is 62.9 Å². The first-order chi connectivity index (χ1) is 6.54. The van der Waals surface area contributed by atoms with Crippen molar-refractivity contribution in [2.24, 2.45) is 0 Å². The van der Waals surface area contributed by atoms with Gasteiger partial charge in [0.05, 0.1) is 0 Å². The Morgan fingerprint density at radius 3 is 1.86 bits per heavy atom. The predicted molar refractivity (Wildman–Crippen MR) is 62.2 cm³/mol. The molecule has 0 aromatic rings. The van der Waals surface area contributed by atoms with Gasteiger partial charge in [0.1, 0.15) is 0 Å². The van der Waals surface area contributed by atoms with E-state index in [0.717, 1.165) is 19.5 Å². The Hall–Kier alpha value is -0.160. The predicted octanol–water partition coefficient (Wildman–Crippen LogP) is 0.393. The number of nitrogens with zero attached hydrogens (tertiary/aromatic N) is 2. The lowest BCUT2D eigenvalue weighted by atomic mass is 10.4. The van der Waals surface area contributed by atoms with Crippen molar-refractivity contribution in [2.75, 3.05) is 47.9 Å². The molecule has 0 saturated heterocycles. The van der Waals surface area contributed by atoms with Crippen LogP contribution >= 0.6 is 0 Å². The molecule has 14 heavy (non-hydrogen) atoms. The Balaban J connectivity index is 0. The van der Waals surface area contributed by atoms with Gasteiger partial charge in [0.15, 0.2) is 0 Å². The van der Waals surface area contributed by atoms with Crippen molar-refractivity contribution in [1.82, 2.24) is 15.3 Å². The molecular formula is C10H27N3O. The minimum atomic E-state index is 0.304. The van der Waals surface area contributed by atoms with Crippen LogP contribution in [0.25, 0.3) is 0 Å². The summed E-state index contributed by atoms with van der Waals surface area (Å²) < 4.78 is 0. The Morgan fingerprint density at radius 1 is 1.14 bits per heavy atom. The second-order valence-electron chi connectivity index (χ2n) is 3.68. The van der Waals surface area contributed by atoms with Crippen LogP contribution in [0.2, 0.25) is 0 Å². The Morgan fingerprint density at radius 2 is 1.71 bits per heavy atom. The monoisotopic (exact) mass is 205 g/mol. The normalized spacial score (nSPS) is 10.3. The molecular weight excluding hydrogens is 178 g/mol. The number of nitrogens with one attached hydrogen (secondary N) is 1. The van der Waals surface area contributed by atoms with Gasteiger partial charge >= 0.3 is 0 Å². The van der Waals surface area contributed by atoms with Crippen LogP contribution < -0.4 is 5.43 Å². The molecule has 0 rings (SSSR count). The number of aliphatic hydroxyl groups is 1. The van der Waals surface area contributed by atoms with Crippen molar-refractivity contribution >= 4 is 0 Å². The van der Waals surface area contributed by atoms with Gasteiger partial charge in [-0.2, -0.15) is 0 Å². The molecule has 0 bridgehead atoms. The summed E-state index contributed by atoms with van der Waals surface area (Å²) in [6, 6.07) is 0. The molecule has 0 atom stereocenters. The summed E-state index contributed by atoms with van der Waals surface area (Å²) in [6.45, 7) is 4.51. The molecule has 0 aromatic carbocycles. The van der Waals surface area contributed by atoms with E-state index in [1.807, 2.05) is 33.2 Å². The van der Waals surface area contributed by atoms with E-state index in [9.17, 15) is 0 Å². The van der Waals surface area contributed by atoms with Crippen LogP contribution in [0.5, 0.6) is 0 Å². The van der Waals surface area contributed by atoms with Gasteiger partial charge in [-0.1, -0.05) is 6.92 Å². The van der Waals surface area contributed by atoms with Gasteiger partial charge in [0.2, 0.25) is 0 Å². The van der Waals surface area contributed by atoms with Crippen molar-refractivity contribution in [1.29, 1.82) is 0 Å². The number of hydrazine groups is 1. The van der Waals surface area contributed by atoms with Gasteiger partial charge in [-0.15, -0.1) is 0 Å². The fourth-order valence-corrected chi connectivity index (χ4v) is 0.722. The molecule has 0 spiro atoms. The highest BCUT2D eigenvalue weighted by Crippen LogP contribution is 1.77. The largest absolute Gasteiger partial charge is 0.396 e. The molecule has 0 unspecified atom stereocenters. The quantitative estimate of drug-likeness (QED) is 0.616. The first-order valence-corrected chi connectivity index (χ1v) is 5.21. The smallest absolute Gasteiger partial charge is 0.0443 e. The number of aliphatic hydroxyl groups excluding tert-OH is 1. The van der Waals surface area contributed by atoms with Gasteiger partial charge in [0, 0.05) is 27.2 Å². The molecule has 0 aliphatic heterocycles. The Labute approximate surface area is 88.9 Å². The lowest BCUT2D eigenvalue weighted by Crippen LogP contribution is -2.30. The zero-order chi connectivity index (χ0) is 11.4. The van der Waals surface area contributed by atoms with Crippen LogP contribution in [0, 0.1) is 0 Å². The molecule has 88 valence electrons. The van der Waals surface area contributed by atoms with E-state index in [1.54, 1.807) is 0 Å². The van der Waals surface area contributed by atoms with E-state index in [2.05, 4.69) is 17.2 Å². The molecule has 0 aliphatic carbocycles. The summed E-state index contributed by atoms with van der Waals surface area (Å²) in [5.74, 6) is 0. The first-order valence-electron chi connectivity index (χ1n) is 5.21. The Kier molecular flexibility index (Phi) is 14.9. The summed E-state index contributed by atoms with van der Waals surface area (Å²) >= 11 is 0. The lowest BCUT2D eigenvalue weighted by molar-refractivity contribution is 0.263. The fourth-order valence-electron chi connectivity index (χ4n) is 0.722. The summed E-state index contributed by atoms with van der Waals surface area (Å²) in [5.41, 5.74) is 3.13. The summed E-state index contributed by atoms with van der Waals surface area (Å²) in [5, 5.41) is 10.3. The van der Waals surface area contributed by atoms with E-state index in [4.69, 9.17) is 5.11 Å². The number of hydrogen-bond donors (Lipinski definition) is 2. The van der Waals surface area contributed by atoms with Crippen molar-refractivity contribution < 1.29 is 5.11 Å². The van der Waals surface area contributed by atoms with Crippen molar-refractivity contribution in [3.63, 3.8) is 0 Å². The second kappa shape index (κ2) is 12.8. The highest BCUT2D eigenvalue weighted by atomic mass is 16.3. The highest BCUT2D eigenvalue weighted by molar-refractivity contribution is 4.39. The van der Waals surface area contributed by atoms with Crippen molar-refractivity contribution in [3.05, 3.63) is 0 Å². The van der Waals surface area contributed by atoms with Crippen LogP contribution in [-0.2, 0) is 0 Å². The number of rotatable bonds is 6. The van der Waals surface area contributed by atoms with E-state index in [-0.39, 0.29) is 0 Å². The van der Waals surface area contributed by atoms with Gasteiger partial charge < -0.3 is 10.0 Å². The standard InChI is InChI=1S/C5H14N2.C5H13NO/c1-4-5-6-7(2)3;1-6(2)4-3-5-7/h6H,4-5H2,1-3H3;7H,3-5H2,1-2H3. The molecule has 0 fully saturated rings. The third-order valence-corrected chi connectivity index (χ3v) is 1.44. The molecule has 0 saturated carbocycles. The average Bonchev–Trinajstić information content (AvgIpc) is 2.12. The fraction of sp³-hybridized carbons (Fsp3) is 1.00. The van der Waals surface area contributed by atoms with Gasteiger partial charge in [0.25, 0.3) is 0 Å². The van der Waals surface area contributed by atoms with Crippen LogP contribution in [0.1, 0.15) is 19.8 Å². The van der Waals surface area contributed by atoms with Crippen molar-refractivity contribution in [3.8, 4) is 0 Å². The van der Waals surface area contributed by atoms with Gasteiger partial charge in [-0.3, -0.25) is 10.4 Å². The van der Waals surface area contributed by atoms with Crippen LogP contribution in [0.4, 0.5) is 0 Å². The lowest BCUT2D eigenvalue weighted by Gasteiger charge is -2.08. The number of hydrogen-bond acceptors (Lipinski definition) is 4. The molecule has 0 aliphatic rings. The second-order valence-corrected chi connectivity index (χ2v) is 3.68. The summed E-state index contributed by atoms with van der Waals surface area (Å²) in [6.07, 6.45) is 2.07. The maximum absolute atomic E-state index is 8.29. The SMILES string of the molecule is CCCNN(C)C.CN(C)CCCO. The van der Waals surface area contributed by atoms with Crippen LogP contribution in [0.3, 0.4) is 0 Å². The van der Waals surface area contributed by atoms with E-state index in [0.29, 0.717) is 6.61 Å². The molecule has 2 N–H and O–H groups in total. The van der Waals surface area contributed by atoms with E-state index >= 15 is 0 Å². The van der Waals surface area contributed by atoms with Gasteiger partial charge in [-0.25, -0.2) is 0 Å². The zero-order valence-corrected chi connectivity index (χ0v) is 10.4. The van der Waals surface area contributed by atoms with Crippen molar-refractivity contribution in [2.45, 2.75) is 19.8 Å². The maximum Gasteiger partial charge on any atom is 0.0443 e. The molecule has 4 nitrogen and oxygen atoms in total. The molecule has 0 heterocycles. The third kappa shape index (κ3) is 22.6. The van der Waals surface area contributed by atoms with E-state index in [1.165, 1.54) is 6.42 Å². The van der Waals surface area contributed by atoms with Crippen LogP contribution in [0.15, 0.2) is 0 Å². The third-order valence-electron chi connectivity index (χ3n) is 1.44.